The number of hydrogen-bond acceptors (Lipinski definition) is 5. The highest BCUT2D eigenvalue weighted by molar-refractivity contribution is 5.88. The van der Waals surface area contributed by atoms with Gasteiger partial charge in [-0.05, 0) is 19.1 Å². The minimum absolute atomic E-state index is 0.198. The molecule has 6 nitrogen and oxygen atoms in total. The Morgan fingerprint density at radius 2 is 1.94 bits per heavy atom. The molecule has 1 aromatic heterocycles. The molecule has 94 valence electrons. The van der Waals surface area contributed by atoms with Crippen molar-refractivity contribution in [1.82, 2.24) is 15.0 Å². The highest BCUT2D eigenvalue weighted by Crippen LogP contribution is 2.21. The van der Waals surface area contributed by atoms with E-state index in [0.717, 1.165) is 0 Å². The molecule has 1 aromatic carbocycles. The monoisotopic (exact) mass is 247 g/mol. The summed E-state index contributed by atoms with van der Waals surface area (Å²) in [6.45, 7) is 1.70. The Balaban J connectivity index is 2.49. The molecule has 0 fully saturated rings. The summed E-state index contributed by atoms with van der Waals surface area (Å²) in [4.78, 5) is 12.8. The van der Waals surface area contributed by atoms with Crippen LogP contribution in [-0.2, 0) is 4.74 Å². The van der Waals surface area contributed by atoms with Gasteiger partial charge in [0.05, 0.1) is 19.9 Å². The number of carbonyl (C=O) groups is 1. The lowest BCUT2D eigenvalue weighted by molar-refractivity contribution is 0.0592. The highest BCUT2D eigenvalue weighted by Gasteiger charge is 2.17. The Bertz CT molecular complexity index is 578. The number of carbonyl (C=O) groups excluding carboxylic acids is 1. The molecule has 2 rings (SSSR count). The van der Waals surface area contributed by atoms with Gasteiger partial charge in [-0.3, -0.25) is 0 Å². The van der Waals surface area contributed by atoms with Gasteiger partial charge in [0.15, 0.2) is 5.69 Å². The average molecular weight is 247 g/mol. The van der Waals surface area contributed by atoms with Crippen molar-refractivity contribution in [2.75, 3.05) is 14.2 Å². The summed E-state index contributed by atoms with van der Waals surface area (Å²) in [6, 6.07) is 7.29. The maximum absolute atomic E-state index is 11.5. The summed E-state index contributed by atoms with van der Waals surface area (Å²) in [7, 11) is 2.88. The zero-order valence-corrected chi connectivity index (χ0v) is 10.4. The summed E-state index contributed by atoms with van der Waals surface area (Å²) in [5, 5.41) is 8.29. The fourth-order valence-corrected chi connectivity index (χ4v) is 1.57. The second kappa shape index (κ2) is 4.87. The Hall–Kier alpha value is -2.37. The van der Waals surface area contributed by atoms with Crippen LogP contribution in [0.2, 0.25) is 0 Å². The van der Waals surface area contributed by atoms with Crippen molar-refractivity contribution < 1.29 is 14.3 Å². The van der Waals surface area contributed by atoms with Crippen molar-refractivity contribution in [1.29, 1.82) is 0 Å². The van der Waals surface area contributed by atoms with E-state index in [9.17, 15) is 4.79 Å². The Morgan fingerprint density at radius 3 is 2.61 bits per heavy atom. The third kappa shape index (κ3) is 2.04. The number of hydrogen-bond donors (Lipinski definition) is 0. The average Bonchev–Trinajstić information content (AvgIpc) is 2.79. The van der Waals surface area contributed by atoms with Crippen LogP contribution in [-0.4, -0.2) is 35.2 Å². The minimum atomic E-state index is -0.506. The zero-order valence-electron chi connectivity index (χ0n) is 10.4. The third-order valence-corrected chi connectivity index (χ3v) is 2.46. The molecule has 0 amide bonds. The van der Waals surface area contributed by atoms with E-state index in [4.69, 9.17) is 4.74 Å². The standard InChI is InChI=1S/C12H13N3O3/c1-8-11(12(16)18-3)14-15(13-8)9-6-4-5-7-10(9)17-2/h4-7H,1-3H3. The number of rotatable bonds is 3. The quantitative estimate of drug-likeness (QED) is 0.766. The number of nitrogens with zero attached hydrogens (tertiary/aromatic N) is 3. The lowest BCUT2D eigenvalue weighted by atomic mass is 10.3. The molecule has 0 aliphatic heterocycles. The summed E-state index contributed by atoms with van der Waals surface area (Å²) < 4.78 is 9.86. The highest BCUT2D eigenvalue weighted by atomic mass is 16.5. The van der Waals surface area contributed by atoms with E-state index in [1.54, 1.807) is 26.2 Å². The molecule has 6 heteroatoms. The van der Waals surface area contributed by atoms with Gasteiger partial charge in [0.1, 0.15) is 11.4 Å². The van der Waals surface area contributed by atoms with Crippen LogP contribution in [0, 0.1) is 6.92 Å². The molecule has 0 saturated heterocycles. The molecule has 2 aromatic rings. The van der Waals surface area contributed by atoms with Crippen molar-refractivity contribution in [3.8, 4) is 11.4 Å². The van der Waals surface area contributed by atoms with Gasteiger partial charge >= 0.3 is 5.97 Å². The van der Waals surface area contributed by atoms with E-state index in [-0.39, 0.29) is 5.69 Å². The maximum Gasteiger partial charge on any atom is 0.360 e. The summed E-state index contributed by atoms with van der Waals surface area (Å²) in [6.07, 6.45) is 0. The van der Waals surface area contributed by atoms with Gasteiger partial charge in [-0.25, -0.2) is 4.79 Å². The zero-order chi connectivity index (χ0) is 13.1. The second-order valence-electron chi connectivity index (χ2n) is 3.59. The SMILES string of the molecule is COC(=O)c1nn(-c2ccccc2OC)nc1C. The third-order valence-electron chi connectivity index (χ3n) is 2.46. The fraction of sp³-hybridized carbons (Fsp3) is 0.250. The van der Waals surface area contributed by atoms with Crippen molar-refractivity contribution in [3.63, 3.8) is 0 Å². The Kier molecular flexibility index (Phi) is 3.27. The van der Waals surface area contributed by atoms with E-state index in [1.165, 1.54) is 11.9 Å². The van der Waals surface area contributed by atoms with Crippen molar-refractivity contribution in [2.24, 2.45) is 0 Å². The van der Waals surface area contributed by atoms with Crippen LogP contribution in [0.5, 0.6) is 5.75 Å². The fourth-order valence-electron chi connectivity index (χ4n) is 1.57. The molecule has 0 aliphatic rings. The number of aromatic nitrogens is 3. The molecule has 0 N–H and O–H groups in total. The van der Waals surface area contributed by atoms with Gasteiger partial charge in [-0.2, -0.15) is 5.10 Å². The van der Waals surface area contributed by atoms with Gasteiger partial charge in [0.2, 0.25) is 0 Å². The maximum atomic E-state index is 11.5. The molecule has 0 saturated carbocycles. The molecule has 0 bridgehead atoms. The molecule has 0 unspecified atom stereocenters. The van der Waals surface area contributed by atoms with Crippen LogP contribution in [0.25, 0.3) is 5.69 Å². The van der Waals surface area contributed by atoms with Crippen LogP contribution < -0.4 is 4.74 Å². The minimum Gasteiger partial charge on any atom is -0.494 e. The normalized spacial score (nSPS) is 10.2. The van der Waals surface area contributed by atoms with Crippen molar-refractivity contribution in [3.05, 3.63) is 35.7 Å². The first-order valence-corrected chi connectivity index (χ1v) is 5.33. The first-order valence-electron chi connectivity index (χ1n) is 5.33. The van der Waals surface area contributed by atoms with Crippen LogP contribution in [0.1, 0.15) is 16.2 Å². The predicted molar refractivity (Wildman–Crippen MR) is 64.0 cm³/mol. The van der Waals surface area contributed by atoms with Gasteiger partial charge in [-0.1, -0.05) is 12.1 Å². The van der Waals surface area contributed by atoms with Crippen molar-refractivity contribution >= 4 is 5.97 Å². The smallest absolute Gasteiger partial charge is 0.360 e. The van der Waals surface area contributed by atoms with E-state index in [2.05, 4.69) is 14.9 Å². The summed E-state index contributed by atoms with van der Waals surface area (Å²) in [5.74, 6) is 0.123. The van der Waals surface area contributed by atoms with Gasteiger partial charge in [0, 0.05) is 0 Å². The number of methoxy groups -OCH3 is 2. The Morgan fingerprint density at radius 1 is 1.22 bits per heavy atom. The largest absolute Gasteiger partial charge is 0.494 e. The molecule has 1 heterocycles. The second-order valence-corrected chi connectivity index (χ2v) is 3.59. The first kappa shape index (κ1) is 12.1. The van der Waals surface area contributed by atoms with E-state index < -0.39 is 5.97 Å². The molecule has 0 radical (unpaired) electrons. The number of para-hydroxylation sites is 2. The van der Waals surface area contributed by atoms with E-state index in [0.29, 0.717) is 17.1 Å². The molecule has 0 spiro atoms. The summed E-state index contributed by atoms with van der Waals surface area (Å²) >= 11 is 0. The lowest BCUT2D eigenvalue weighted by Crippen LogP contribution is -2.06. The Labute approximate surface area is 104 Å². The van der Waals surface area contributed by atoms with Gasteiger partial charge < -0.3 is 9.47 Å². The summed E-state index contributed by atoms with van der Waals surface area (Å²) in [5.41, 5.74) is 1.37. The molecule has 18 heavy (non-hydrogen) atoms. The van der Waals surface area contributed by atoms with E-state index >= 15 is 0 Å². The number of esters is 1. The molecular weight excluding hydrogens is 234 g/mol. The van der Waals surface area contributed by atoms with Crippen LogP contribution >= 0.6 is 0 Å². The topological polar surface area (TPSA) is 66.2 Å². The number of ether oxygens (including phenoxy) is 2. The molecule has 0 atom stereocenters. The first-order chi connectivity index (χ1) is 8.67. The van der Waals surface area contributed by atoms with Gasteiger partial charge in [-0.15, -0.1) is 9.90 Å². The van der Waals surface area contributed by atoms with Gasteiger partial charge in [0.25, 0.3) is 0 Å². The van der Waals surface area contributed by atoms with E-state index in [1.807, 2.05) is 12.1 Å². The van der Waals surface area contributed by atoms with Crippen LogP contribution in [0.4, 0.5) is 0 Å². The molecular formula is C12H13N3O3. The van der Waals surface area contributed by atoms with Crippen LogP contribution in [0.3, 0.4) is 0 Å². The number of aryl methyl sites for hydroxylation is 1. The molecule has 0 aliphatic carbocycles. The number of benzene rings is 1. The predicted octanol–water partition coefficient (Wildman–Crippen LogP) is 1.37. The van der Waals surface area contributed by atoms with Crippen LogP contribution in [0.15, 0.2) is 24.3 Å². The van der Waals surface area contributed by atoms with Crippen molar-refractivity contribution in [2.45, 2.75) is 6.92 Å². The lowest BCUT2D eigenvalue weighted by Gasteiger charge is -2.05.